The third kappa shape index (κ3) is 3.02. The average molecular weight is 287 g/mol. The summed E-state index contributed by atoms with van der Waals surface area (Å²) in [7, 11) is 1.22. The molecule has 1 aliphatic rings. The quantitative estimate of drug-likeness (QED) is 0.449. The maximum absolute atomic E-state index is 11.7. The molecule has 1 fully saturated rings. The Hall–Kier alpha value is -2.23. The van der Waals surface area contributed by atoms with E-state index in [2.05, 4.69) is 4.74 Å². The molecule has 5 nitrogen and oxygen atoms in total. The van der Waals surface area contributed by atoms with Crippen molar-refractivity contribution in [3.8, 4) is 18.2 Å². The number of nitrogens with zero attached hydrogens (tertiary/aromatic N) is 3. The molecule has 0 aromatic rings. The van der Waals surface area contributed by atoms with Crippen LogP contribution in [0.1, 0.15) is 19.3 Å². The van der Waals surface area contributed by atoms with Crippen molar-refractivity contribution < 1.29 is 9.53 Å². The molecule has 1 unspecified atom stereocenters. The molecule has 0 radical (unpaired) electrons. The standard InChI is InChI=1S/C14H13N3O2S/c1-19-14(18)12(8-17)13(20-2)11-5-3-4-10(11)9(6-15)7-16/h11H,3-5H2,1-2H3. The highest BCUT2D eigenvalue weighted by Gasteiger charge is 2.31. The zero-order valence-electron chi connectivity index (χ0n) is 11.3. The average Bonchev–Trinajstić information content (AvgIpc) is 2.94. The van der Waals surface area contributed by atoms with E-state index in [4.69, 9.17) is 15.8 Å². The van der Waals surface area contributed by atoms with Crippen molar-refractivity contribution in [3.63, 3.8) is 0 Å². The molecule has 102 valence electrons. The molecule has 0 heterocycles. The van der Waals surface area contributed by atoms with Gasteiger partial charge in [0.25, 0.3) is 0 Å². The van der Waals surface area contributed by atoms with E-state index < -0.39 is 5.97 Å². The first-order valence-corrected chi connectivity index (χ1v) is 7.16. The van der Waals surface area contributed by atoms with Crippen LogP contribution >= 0.6 is 11.8 Å². The van der Waals surface area contributed by atoms with E-state index in [9.17, 15) is 4.79 Å². The van der Waals surface area contributed by atoms with Gasteiger partial charge in [-0.25, -0.2) is 4.79 Å². The molecule has 1 saturated carbocycles. The molecular weight excluding hydrogens is 274 g/mol. The van der Waals surface area contributed by atoms with Crippen molar-refractivity contribution in [1.29, 1.82) is 15.8 Å². The molecule has 0 N–H and O–H groups in total. The topological polar surface area (TPSA) is 97.7 Å². The van der Waals surface area contributed by atoms with Gasteiger partial charge in [0, 0.05) is 10.8 Å². The summed E-state index contributed by atoms with van der Waals surface area (Å²) in [6.07, 6.45) is 3.96. The number of hydrogen-bond donors (Lipinski definition) is 0. The van der Waals surface area contributed by atoms with Crippen molar-refractivity contribution in [2.24, 2.45) is 5.92 Å². The molecular formula is C14H13N3O2S. The molecule has 1 aliphatic carbocycles. The zero-order chi connectivity index (χ0) is 15.1. The van der Waals surface area contributed by atoms with Gasteiger partial charge in [-0.3, -0.25) is 0 Å². The summed E-state index contributed by atoms with van der Waals surface area (Å²) in [5.41, 5.74) is 0.761. The minimum absolute atomic E-state index is 0.0420. The Morgan fingerprint density at radius 2 is 1.95 bits per heavy atom. The first kappa shape index (κ1) is 15.8. The van der Waals surface area contributed by atoms with Gasteiger partial charge in [0.15, 0.2) is 0 Å². The first-order chi connectivity index (χ1) is 9.64. The highest BCUT2D eigenvalue weighted by Crippen LogP contribution is 2.43. The number of nitriles is 3. The third-order valence-corrected chi connectivity index (χ3v) is 4.12. The van der Waals surface area contributed by atoms with Crippen molar-refractivity contribution in [1.82, 2.24) is 0 Å². The minimum Gasteiger partial charge on any atom is -0.465 e. The lowest BCUT2D eigenvalue weighted by Crippen LogP contribution is -2.11. The number of methoxy groups -OCH3 is 1. The molecule has 20 heavy (non-hydrogen) atoms. The van der Waals surface area contributed by atoms with Crippen LogP contribution in [0, 0.1) is 39.9 Å². The van der Waals surface area contributed by atoms with Gasteiger partial charge in [0.1, 0.15) is 29.4 Å². The van der Waals surface area contributed by atoms with Gasteiger partial charge in [-0.2, -0.15) is 15.8 Å². The van der Waals surface area contributed by atoms with Crippen molar-refractivity contribution in [3.05, 3.63) is 21.6 Å². The Morgan fingerprint density at radius 3 is 2.40 bits per heavy atom. The summed E-state index contributed by atoms with van der Waals surface area (Å²) < 4.78 is 4.62. The Balaban J connectivity index is 3.40. The van der Waals surface area contributed by atoms with Gasteiger partial charge in [-0.15, -0.1) is 11.8 Å². The summed E-state index contributed by atoms with van der Waals surface area (Å²) in [6.45, 7) is 0. The van der Waals surface area contributed by atoms with Crippen LogP contribution in [-0.2, 0) is 9.53 Å². The number of ether oxygens (including phenoxy) is 1. The summed E-state index contributed by atoms with van der Waals surface area (Å²) in [5.74, 6) is -0.897. The maximum Gasteiger partial charge on any atom is 0.349 e. The van der Waals surface area contributed by atoms with Crippen molar-refractivity contribution >= 4 is 17.7 Å². The molecule has 0 saturated heterocycles. The Labute approximate surface area is 122 Å². The fourth-order valence-corrected chi connectivity index (χ4v) is 3.20. The number of esters is 1. The van der Waals surface area contributed by atoms with Crippen molar-refractivity contribution in [2.75, 3.05) is 13.4 Å². The minimum atomic E-state index is -0.682. The summed E-state index contributed by atoms with van der Waals surface area (Å²) in [5, 5.41) is 27.2. The van der Waals surface area contributed by atoms with Crippen LogP contribution < -0.4 is 0 Å². The fraction of sp³-hybridized carbons (Fsp3) is 0.429. The first-order valence-electron chi connectivity index (χ1n) is 5.94. The maximum atomic E-state index is 11.7. The molecule has 6 heteroatoms. The second kappa shape index (κ2) is 7.38. The van der Waals surface area contributed by atoms with Crippen molar-refractivity contribution in [2.45, 2.75) is 19.3 Å². The van der Waals surface area contributed by atoms with Gasteiger partial charge in [0.05, 0.1) is 7.11 Å². The lowest BCUT2D eigenvalue weighted by atomic mass is 9.95. The number of carbonyl (C=O) groups excluding carboxylic acids is 1. The highest BCUT2D eigenvalue weighted by molar-refractivity contribution is 8.02. The number of carbonyl (C=O) groups is 1. The predicted molar refractivity (Wildman–Crippen MR) is 73.8 cm³/mol. The SMILES string of the molecule is COC(=O)C(C#N)=C(SC)C1CCCC1=C(C#N)C#N. The van der Waals surface area contributed by atoms with Gasteiger partial charge in [-0.1, -0.05) is 0 Å². The highest BCUT2D eigenvalue weighted by atomic mass is 32.2. The molecule has 0 aromatic heterocycles. The number of thioether (sulfide) groups is 1. The number of rotatable bonds is 3. The van der Waals surface area contributed by atoms with E-state index in [1.165, 1.54) is 18.9 Å². The van der Waals surface area contributed by atoms with Gasteiger partial charge in [-0.05, 0) is 31.1 Å². The van der Waals surface area contributed by atoms with Crippen LogP contribution in [-0.4, -0.2) is 19.3 Å². The molecule has 0 amide bonds. The van der Waals surface area contributed by atoms with Crippen LogP contribution in [0.2, 0.25) is 0 Å². The molecule has 1 atom stereocenters. The summed E-state index contributed by atoms with van der Waals surface area (Å²) >= 11 is 1.29. The second-order valence-electron chi connectivity index (χ2n) is 4.12. The van der Waals surface area contributed by atoms with E-state index in [-0.39, 0.29) is 17.1 Å². The van der Waals surface area contributed by atoms with Crippen LogP contribution in [0.3, 0.4) is 0 Å². The predicted octanol–water partition coefficient (Wildman–Crippen LogP) is 2.44. The molecule has 0 bridgehead atoms. The molecule has 0 spiro atoms. The Morgan fingerprint density at radius 1 is 1.30 bits per heavy atom. The summed E-state index contributed by atoms with van der Waals surface area (Å²) in [6, 6.07) is 5.65. The van der Waals surface area contributed by atoms with E-state index in [1.54, 1.807) is 6.26 Å². The lowest BCUT2D eigenvalue weighted by Gasteiger charge is -2.16. The fourth-order valence-electron chi connectivity index (χ4n) is 2.32. The zero-order valence-corrected chi connectivity index (χ0v) is 12.1. The second-order valence-corrected chi connectivity index (χ2v) is 4.96. The largest absolute Gasteiger partial charge is 0.465 e. The lowest BCUT2D eigenvalue weighted by molar-refractivity contribution is -0.135. The van der Waals surface area contributed by atoms with Crippen LogP contribution in [0.4, 0.5) is 0 Å². The summed E-state index contributed by atoms with van der Waals surface area (Å²) in [4.78, 5) is 12.2. The number of hydrogen-bond acceptors (Lipinski definition) is 6. The van der Waals surface area contributed by atoms with Crippen LogP contribution in [0.5, 0.6) is 0 Å². The monoisotopic (exact) mass is 287 g/mol. The normalized spacial score (nSPS) is 18.4. The van der Waals surface area contributed by atoms with E-state index >= 15 is 0 Å². The van der Waals surface area contributed by atoms with E-state index in [0.717, 1.165) is 18.4 Å². The third-order valence-electron chi connectivity index (χ3n) is 3.19. The smallest absolute Gasteiger partial charge is 0.349 e. The van der Waals surface area contributed by atoms with Crippen LogP contribution in [0.25, 0.3) is 0 Å². The Bertz CT molecular complexity index is 583. The Kier molecular flexibility index (Phi) is 5.84. The molecule has 0 aliphatic heterocycles. The molecule has 1 rings (SSSR count). The van der Waals surface area contributed by atoms with E-state index in [0.29, 0.717) is 11.3 Å². The number of allylic oxidation sites excluding steroid dienone is 3. The molecule has 0 aromatic carbocycles. The van der Waals surface area contributed by atoms with E-state index in [1.807, 2.05) is 18.2 Å². The van der Waals surface area contributed by atoms with Crippen LogP contribution in [0.15, 0.2) is 21.6 Å². The van der Waals surface area contributed by atoms with Gasteiger partial charge >= 0.3 is 5.97 Å². The van der Waals surface area contributed by atoms with Gasteiger partial charge in [0.2, 0.25) is 0 Å². The van der Waals surface area contributed by atoms with Gasteiger partial charge < -0.3 is 4.74 Å².